The molecule has 0 radical (unpaired) electrons. The number of hydrogen-bond acceptors (Lipinski definition) is 3. The zero-order valence-corrected chi connectivity index (χ0v) is 13.9. The minimum Gasteiger partial charge on any atom is -0.379 e. The molecule has 20 heavy (non-hydrogen) atoms. The number of rotatable bonds is 9. The molecule has 1 aliphatic rings. The molecule has 2 atom stereocenters. The highest BCUT2D eigenvalue weighted by Crippen LogP contribution is 2.25. The van der Waals surface area contributed by atoms with Gasteiger partial charge >= 0.3 is 0 Å². The second kappa shape index (κ2) is 8.13. The summed E-state index contributed by atoms with van der Waals surface area (Å²) in [6, 6.07) is 9.04. The van der Waals surface area contributed by atoms with Crippen LogP contribution in [-0.2, 0) is 9.47 Å². The summed E-state index contributed by atoms with van der Waals surface area (Å²) in [6.07, 6.45) is 2.75. The molecule has 2 rings (SSSR count). The Morgan fingerprint density at radius 3 is 2.85 bits per heavy atom. The second-order valence-corrected chi connectivity index (χ2v) is 6.25. The molecular weight excluding hydrogens is 318 g/mol. The van der Waals surface area contributed by atoms with E-state index in [4.69, 9.17) is 9.47 Å². The number of halogens is 1. The summed E-state index contributed by atoms with van der Waals surface area (Å²) in [6.45, 7) is 6.31. The summed E-state index contributed by atoms with van der Waals surface area (Å²) < 4.78 is 12.7. The molecule has 1 fully saturated rings. The summed E-state index contributed by atoms with van der Waals surface area (Å²) in [5.74, 6) is 0. The zero-order valence-electron chi connectivity index (χ0n) is 12.3. The minimum absolute atomic E-state index is 0.0727. The summed E-state index contributed by atoms with van der Waals surface area (Å²) in [7, 11) is 0. The quantitative estimate of drug-likeness (QED) is 0.743. The average Bonchev–Trinajstić information content (AvgIpc) is 3.25. The standard InChI is InChI=1S/C16H24BrNO2/c1-3-19-11-12(2)20-16(10-18-15-7-8-15)13-5-4-6-14(17)9-13/h4-6,9,12,15-16,18H,3,7-8,10-11H2,1-2H3. The highest BCUT2D eigenvalue weighted by molar-refractivity contribution is 9.10. The Balaban J connectivity index is 1.95. The number of hydrogen-bond donors (Lipinski definition) is 1. The third-order valence-corrected chi connectivity index (χ3v) is 3.84. The zero-order chi connectivity index (χ0) is 14.4. The lowest BCUT2D eigenvalue weighted by atomic mass is 10.1. The van der Waals surface area contributed by atoms with Crippen LogP contribution in [0.2, 0.25) is 0 Å². The topological polar surface area (TPSA) is 30.5 Å². The van der Waals surface area contributed by atoms with Crippen LogP contribution < -0.4 is 5.32 Å². The molecule has 0 bridgehead atoms. The highest BCUT2D eigenvalue weighted by Gasteiger charge is 2.23. The van der Waals surface area contributed by atoms with E-state index < -0.39 is 0 Å². The Morgan fingerprint density at radius 1 is 1.40 bits per heavy atom. The van der Waals surface area contributed by atoms with E-state index in [0.29, 0.717) is 12.6 Å². The summed E-state index contributed by atoms with van der Waals surface area (Å²) >= 11 is 3.53. The molecule has 112 valence electrons. The maximum atomic E-state index is 6.16. The first-order valence-corrected chi connectivity index (χ1v) is 8.20. The van der Waals surface area contributed by atoms with E-state index >= 15 is 0 Å². The summed E-state index contributed by atoms with van der Waals surface area (Å²) in [5, 5.41) is 3.55. The number of nitrogens with one attached hydrogen (secondary N) is 1. The third kappa shape index (κ3) is 5.52. The minimum atomic E-state index is 0.0727. The highest BCUT2D eigenvalue weighted by atomic mass is 79.9. The van der Waals surface area contributed by atoms with Crippen molar-refractivity contribution < 1.29 is 9.47 Å². The van der Waals surface area contributed by atoms with Gasteiger partial charge in [-0.2, -0.15) is 0 Å². The van der Waals surface area contributed by atoms with Gasteiger partial charge in [0.25, 0.3) is 0 Å². The molecule has 0 aromatic heterocycles. The maximum absolute atomic E-state index is 6.16. The van der Waals surface area contributed by atoms with Crippen LogP contribution in [0.1, 0.15) is 38.4 Å². The predicted octanol–water partition coefficient (Wildman–Crippen LogP) is 3.68. The number of ether oxygens (including phenoxy) is 2. The van der Waals surface area contributed by atoms with Crippen molar-refractivity contribution in [3.8, 4) is 0 Å². The molecule has 1 aromatic carbocycles. The fourth-order valence-corrected chi connectivity index (χ4v) is 2.53. The van der Waals surface area contributed by atoms with Gasteiger partial charge in [-0.15, -0.1) is 0 Å². The van der Waals surface area contributed by atoms with Crippen molar-refractivity contribution in [1.82, 2.24) is 5.32 Å². The van der Waals surface area contributed by atoms with Crippen LogP contribution in [0.4, 0.5) is 0 Å². The van der Waals surface area contributed by atoms with Crippen LogP contribution in [-0.4, -0.2) is 31.9 Å². The van der Waals surface area contributed by atoms with Crippen LogP contribution >= 0.6 is 15.9 Å². The maximum Gasteiger partial charge on any atom is 0.0954 e. The molecule has 1 saturated carbocycles. The third-order valence-electron chi connectivity index (χ3n) is 3.34. The normalized spacial score (nSPS) is 17.9. The van der Waals surface area contributed by atoms with Crippen LogP contribution in [0.3, 0.4) is 0 Å². The Bertz CT molecular complexity index is 409. The molecule has 4 heteroatoms. The van der Waals surface area contributed by atoms with Crippen molar-refractivity contribution in [3.63, 3.8) is 0 Å². The monoisotopic (exact) mass is 341 g/mol. The van der Waals surface area contributed by atoms with E-state index in [0.717, 1.165) is 17.6 Å². The Kier molecular flexibility index (Phi) is 6.49. The molecule has 1 N–H and O–H groups in total. The fraction of sp³-hybridized carbons (Fsp3) is 0.625. The number of benzene rings is 1. The van der Waals surface area contributed by atoms with Gasteiger partial charge in [0.2, 0.25) is 0 Å². The van der Waals surface area contributed by atoms with E-state index in [-0.39, 0.29) is 12.2 Å². The molecule has 0 amide bonds. The first-order chi connectivity index (χ1) is 9.69. The van der Waals surface area contributed by atoms with Gasteiger partial charge in [-0.1, -0.05) is 28.1 Å². The molecular formula is C16H24BrNO2. The molecule has 1 aliphatic carbocycles. The van der Waals surface area contributed by atoms with Gasteiger partial charge in [0.05, 0.1) is 18.8 Å². The smallest absolute Gasteiger partial charge is 0.0954 e. The van der Waals surface area contributed by atoms with Crippen molar-refractivity contribution >= 4 is 15.9 Å². The largest absolute Gasteiger partial charge is 0.379 e. The Morgan fingerprint density at radius 2 is 2.20 bits per heavy atom. The van der Waals surface area contributed by atoms with Crippen LogP contribution in [0.5, 0.6) is 0 Å². The first-order valence-electron chi connectivity index (χ1n) is 7.41. The summed E-state index contributed by atoms with van der Waals surface area (Å²) in [4.78, 5) is 0. The SMILES string of the molecule is CCOCC(C)OC(CNC1CC1)c1cccc(Br)c1. The Hall–Kier alpha value is -0.420. The van der Waals surface area contributed by atoms with Crippen LogP contribution in [0.25, 0.3) is 0 Å². The van der Waals surface area contributed by atoms with Gasteiger partial charge in [-0.05, 0) is 44.4 Å². The predicted molar refractivity (Wildman–Crippen MR) is 84.9 cm³/mol. The van der Waals surface area contributed by atoms with Gasteiger partial charge < -0.3 is 14.8 Å². The van der Waals surface area contributed by atoms with Crippen molar-refractivity contribution in [2.24, 2.45) is 0 Å². The second-order valence-electron chi connectivity index (χ2n) is 5.33. The van der Waals surface area contributed by atoms with Gasteiger partial charge in [0, 0.05) is 23.7 Å². The van der Waals surface area contributed by atoms with E-state index in [1.165, 1.54) is 18.4 Å². The molecule has 0 spiro atoms. The molecule has 0 saturated heterocycles. The summed E-state index contributed by atoms with van der Waals surface area (Å²) in [5.41, 5.74) is 1.20. The molecule has 0 heterocycles. The van der Waals surface area contributed by atoms with Gasteiger partial charge in [0.15, 0.2) is 0 Å². The average molecular weight is 342 g/mol. The van der Waals surface area contributed by atoms with Crippen molar-refractivity contribution in [2.45, 2.75) is 44.9 Å². The molecule has 2 unspecified atom stereocenters. The van der Waals surface area contributed by atoms with Crippen molar-refractivity contribution in [3.05, 3.63) is 34.3 Å². The lowest BCUT2D eigenvalue weighted by Crippen LogP contribution is -2.29. The van der Waals surface area contributed by atoms with Gasteiger partial charge in [-0.3, -0.25) is 0 Å². The van der Waals surface area contributed by atoms with Gasteiger partial charge in [0.1, 0.15) is 0 Å². The van der Waals surface area contributed by atoms with Crippen LogP contribution in [0, 0.1) is 0 Å². The van der Waals surface area contributed by atoms with Crippen LogP contribution in [0.15, 0.2) is 28.7 Å². The van der Waals surface area contributed by atoms with E-state index in [9.17, 15) is 0 Å². The van der Waals surface area contributed by atoms with E-state index in [1.54, 1.807) is 0 Å². The molecule has 3 nitrogen and oxygen atoms in total. The fourth-order valence-electron chi connectivity index (χ4n) is 2.12. The lowest BCUT2D eigenvalue weighted by molar-refractivity contribution is -0.0471. The first kappa shape index (κ1) is 16.0. The van der Waals surface area contributed by atoms with E-state index in [1.807, 2.05) is 13.0 Å². The van der Waals surface area contributed by atoms with Gasteiger partial charge in [-0.25, -0.2) is 0 Å². The Labute approximate surface area is 130 Å². The van der Waals surface area contributed by atoms with Crippen molar-refractivity contribution in [2.75, 3.05) is 19.8 Å². The lowest BCUT2D eigenvalue weighted by Gasteiger charge is -2.23. The molecule has 0 aliphatic heterocycles. The molecule has 1 aromatic rings. The van der Waals surface area contributed by atoms with Crippen molar-refractivity contribution in [1.29, 1.82) is 0 Å². The van der Waals surface area contributed by atoms with E-state index in [2.05, 4.69) is 46.4 Å².